The Labute approximate surface area is 123 Å². The molecule has 1 unspecified atom stereocenters. The molecule has 110 valence electrons. The van der Waals surface area contributed by atoms with E-state index in [2.05, 4.69) is 5.32 Å². The smallest absolute Gasteiger partial charge is 0.252 e. The van der Waals surface area contributed by atoms with E-state index >= 15 is 0 Å². The molecule has 0 bridgehead atoms. The van der Waals surface area contributed by atoms with Crippen molar-refractivity contribution in [2.45, 2.75) is 23.8 Å². The molecule has 0 saturated carbocycles. The number of amides is 1. The maximum Gasteiger partial charge on any atom is 0.252 e. The molecule has 1 aromatic rings. The predicted octanol–water partition coefficient (Wildman–Crippen LogP) is 1.65. The van der Waals surface area contributed by atoms with E-state index in [0.717, 1.165) is 19.1 Å². The average molecular weight is 318 g/mol. The van der Waals surface area contributed by atoms with Crippen LogP contribution >= 0.6 is 11.6 Å². The second kappa shape index (κ2) is 6.11. The van der Waals surface area contributed by atoms with Crippen molar-refractivity contribution < 1.29 is 17.9 Å². The van der Waals surface area contributed by atoms with Gasteiger partial charge in [-0.1, -0.05) is 11.6 Å². The van der Waals surface area contributed by atoms with Crippen molar-refractivity contribution in [3.8, 4) is 0 Å². The number of hydrogen-bond donors (Lipinski definition) is 1. The number of carbonyl (C=O) groups excluding carboxylic acids is 1. The lowest BCUT2D eigenvalue weighted by Crippen LogP contribution is -2.32. The van der Waals surface area contributed by atoms with Gasteiger partial charge in [-0.25, -0.2) is 8.42 Å². The molecule has 1 amide bonds. The van der Waals surface area contributed by atoms with Crippen LogP contribution in [0.2, 0.25) is 5.02 Å². The monoisotopic (exact) mass is 317 g/mol. The zero-order chi connectivity index (χ0) is 14.8. The molecular formula is C13H16ClNO4S. The van der Waals surface area contributed by atoms with Crippen molar-refractivity contribution in [1.29, 1.82) is 0 Å². The minimum absolute atomic E-state index is 0.0239. The van der Waals surface area contributed by atoms with Crippen LogP contribution in [0.4, 0.5) is 0 Å². The first-order chi connectivity index (χ1) is 9.38. The average Bonchev–Trinajstić information content (AvgIpc) is 2.88. The van der Waals surface area contributed by atoms with Crippen LogP contribution in [0.5, 0.6) is 0 Å². The molecule has 5 nitrogen and oxygen atoms in total. The van der Waals surface area contributed by atoms with Gasteiger partial charge in [0.2, 0.25) is 0 Å². The molecule has 0 radical (unpaired) electrons. The second-order valence-electron chi connectivity index (χ2n) is 4.76. The lowest BCUT2D eigenvalue weighted by atomic mass is 10.2. The van der Waals surface area contributed by atoms with Crippen LogP contribution in [-0.4, -0.2) is 39.8 Å². The molecule has 1 heterocycles. The summed E-state index contributed by atoms with van der Waals surface area (Å²) in [5, 5.41) is 2.94. The maximum atomic E-state index is 12.1. The molecule has 1 aromatic carbocycles. The lowest BCUT2D eigenvalue weighted by molar-refractivity contribution is 0.0857. The fourth-order valence-electron chi connectivity index (χ4n) is 2.02. The summed E-state index contributed by atoms with van der Waals surface area (Å²) in [4.78, 5) is 12.1. The predicted molar refractivity (Wildman–Crippen MR) is 75.9 cm³/mol. The van der Waals surface area contributed by atoms with Crippen LogP contribution in [0.3, 0.4) is 0 Å². The fourth-order valence-corrected chi connectivity index (χ4v) is 2.87. The second-order valence-corrected chi connectivity index (χ2v) is 7.18. The highest BCUT2D eigenvalue weighted by molar-refractivity contribution is 7.90. The Morgan fingerprint density at radius 2 is 2.25 bits per heavy atom. The molecule has 1 N–H and O–H groups in total. The summed E-state index contributed by atoms with van der Waals surface area (Å²) in [6, 6.07) is 4.09. The van der Waals surface area contributed by atoms with Gasteiger partial charge in [-0.05, 0) is 31.0 Å². The van der Waals surface area contributed by atoms with E-state index in [0.29, 0.717) is 13.2 Å². The Morgan fingerprint density at radius 3 is 2.85 bits per heavy atom. The highest BCUT2D eigenvalue weighted by Gasteiger charge is 2.19. The van der Waals surface area contributed by atoms with Crippen LogP contribution in [0.15, 0.2) is 23.1 Å². The maximum absolute atomic E-state index is 12.1. The highest BCUT2D eigenvalue weighted by Crippen LogP contribution is 2.20. The summed E-state index contributed by atoms with van der Waals surface area (Å²) in [7, 11) is -3.37. The number of halogens is 1. The molecule has 1 saturated heterocycles. The highest BCUT2D eigenvalue weighted by atomic mass is 35.5. The van der Waals surface area contributed by atoms with Crippen molar-refractivity contribution in [2.75, 3.05) is 19.4 Å². The third kappa shape index (κ3) is 3.71. The largest absolute Gasteiger partial charge is 0.376 e. The first kappa shape index (κ1) is 15.3. The Morgan fingerprint density at radius 1 is 1.50 bits per heavy atom. The van der Waals surface area contributed by atoms with E-state index in [4.69, 9.17) is 16.3 Å². The fraction of sp³-hybridized carbons (Fsp3) is 0.462. The van der Waals surface area contributed by atoms with Gasteiger partial charge in [-0.2, -0.15) is 0 Å². The number of rotatable bonds is 4. The molecule has 0 spiro atoms. The van der Waals surface area contributed by atoms with Crippen LogP contribution in [-0.2, 0) is 14.6 Å². The number of nitrogens with one attached hydrogen (secondary N) is 1. The minimum atomic E-state index is -3.37. The van der Waals surface area contributed by atoms with E-state index in [1.165, 1.54) is 18.2 Å². The van der Waals surface area contributed by atoms with Gasteiger partial charge >= 0.3 is 0 Å². The van der Waals surface area contributed by atoms with Gasteiger partial charge in [0.25, 0.3) is 5.91 Å². The zero-order valence-corrected chi connectivity index (χ0v) is 12.6. The van der Waals surface area contributed by atoms with Crippen molar-refractivity contribution in [1.82, 2.24) is 5.32 Å². The number of ether oxygens (including phenoxy) is 1. The molecule has 2 rings (SSSR count). The standard InChI is InChI=1S/C13H16ClNO4S/c1-20(17,18)10-4-5-12(14)11(7-10)13(16)15-8-9-3-2-6-19-9/h4-5,7,9H,2-3,6,8H2,1H3,(H,15,16). The molecule has 0 aromatic heterocycles. The summed E-state index contributed by atoms with van der Waals surface area (Å²) in [6.45, 7) is 1.11. The lowest BCUT2D eigenvalue weighted by Gasteiger charge is -2.12. The van der Waals surface area contributed by atoms with Crippen molar-refractivity contribution >= 4 is 27.3 Å². The Bertz CT molecular complexity index is 609. The van der Waals surface area contributed by atoms with Crippen molar-refractivity contribution in [3.05, 3.63) is 28.8 Å². The number of carbonyl (C=O) groups is 1. The Kier molecular flexibility index (Phi) is 4.67. The summed E-state index contributed by atoms with van der Waals surface area (Å²) < 4.78 is 28.4. The summed E-state index contributed by atoms with van der Waals surface area (Å²) in [5.74, 6) is -0.393. The van der Waals surface area contributed by atoms with Crippen LogP contribution in [0, 0.1) is 0 Å². The Hall–Kier alpha value is -1.11. The molecular weight excluding hydrogens is 302 g/mol. The Balaban J connectivity index is 2.12. The number of sulfone groups is 1. The molecule has 1 fully saturated rings. The van der Waals surface area contributed by atoms with Gasteiger partial charge in [-0.15, -0.1) is 0 Å². The van der Waals surface area contributed by atoms with Gasteiger partial charge in [0, 0.05) is 19.4 Å². The van der Waals surface area contributed by atoms with E-state index in [-0.39, 0.29) is 21.6 Å². The van der Waals surface area contributed by atoms with Crippen LogP contribution < -0.4 is 5.32 Å². The van der Waals surface area contributed by atoms with Gasteiger partial charge in [0.15, 0.2) is 9.84 Å². The quantitative estimate of drug-likeness (QED) is 0.916. The summed E-state index contributed by atoms with van der Waals surface area (Å²) >= 11 is 5.95. The number of benzene rings is 1. The zero-order valence-electron chi connectivity index (χ0n) is 11.1. The van der Waals surface area contributed by atoms with Gasteiger partial charge < -0.3 is 10.1 Å². The molecule has 20 heavy (non-hydrogen) atoms. The first-order valence-electron chi connectivity index (χ1n) is 6.27. The van der Waals surface area contributed by atoms with Crippen molar-refractivity contribution in [2.24, 2.45) is 0 Å². The minimum Gasteiger partial charge on any atom is -0.376 e. The van der Waals surface area contributed by atoms with Crippen molar-refractivity contribution in [3.63, 3.8) is 0 Å². The SMILES string of the molecule is CS(=O)(=O)c1ccc(Cl)c(C(=O)NCC2CCCO2)c1. The topological polar surface area (TPSA) is 72.5 Å². The van der Waals surface area contributed by atoms with Crippen LogP contribution in [0.25, 0.3) is 0 Å². The van der Waals surface area contributed by atoms with E-state index in [1.807, 2.05) is 0 Å². The van der Waals surface area contributed by atoms with E-state index in [1.54, 1.807) is 0 Å². The first-order valence-corrected chi connectivity index (χ1v) is 8.54. The third-order valence-corrected chi connectivity index (χ3v) is 4.56. The molecule has 1 aliphatic heterocycles. The molecule has 1 atom stereocenters. The third-order valence-electron chi connectivity index (χ3n) is 3.12. The van der Waals surface area contributed by atoms with E-state index in [9.17, 15) is 13.2 Å². The molecule has 7 heteroatoms. The normalized spacial score (nSPS) is 19.0. The van der Waals surface area contributed by atoms with Gasteiger partial charge in [0.1, 0.15) is 0 Å². The van der Waals surface area contributed by atoms with Crippen LogP contribution in [0.1, 0.15) is 23.2 Å². The molecule has 0 aliphatic carbocycles. The van der Waals surface area contributed by atoms with E-state index < -0.39 is 15.7 Å². The molecule has 1 aliphatic rings. The van der Waals surface area contributed by atoms with Gasteiger partial charge in [-0.3, -0.25) is 4.79 Å². The summed E-state index contributed by atoms with van der Waals surface area (Å²) in [6.07, 6.45) is 3.02. The summed E-state index contributed by atoms with van der Waals surface area (Å²) in [5.41, 5.74) is 0.160. The number of hydrogen-bond acceptors (Lipinski definition) is 4. The van der Waals surface area contributed by atoms with Gasteiger partial charge in [0.05, 0.1) is 21.6 Å².